The number of rotatable bonds is 2. The van der Waals surface area contributed by atoms with Gasteiger partial charge in [0.1, 0.15) is 0 Å². The maximum atomic E-state index is 12.2. The van der Waals surface area contributed by atoms with Gasteiger partial charge in [0.25, 0.3) is 0 Å². The Hall–Kier alpha value is -1.40. The Bertz CT molecular complexity index is 557. The summed E-state index contributed by atoms with van der Waals surface area (Å²) in [7, 11) is 0. The van der Waals surface area contributed by atoms with Gasteiger partial charge < -0.3 is 14.9 Å². The lowest BCUT2D eigenvalue weighted by Gasteiger charge is -2.37. The average Bonchev–Trinajstić information content (AvgIpc) is 2.76. The maximum absolute atomic E-state index is 12.2. The Labute approximate surface area is 125 Å². The first-order valence-electron chi connectivity index (χ1n) is 6.57. The van der Waals surface area contributed by atoms with Crippen LogP contribution in [-0.4, -0.2) is 47.6 Å². The summed E-state index contributed by atoms with van der Waals surface area (Å²) in [5.41, 5.74) is 0.809. The predicted molar refractivity (Wildman–Crippen MR) is 77.2 cm³/mol. The molecule has 2 amide bonds. The van der Waals surface area contributed by atoms with E-state index >= 15 is 0 Å². The summed E-state index contributed by atoms with van der Waals surface area (Å²) in [5.74, 6) is -0.349. The molecule has 2 fully saturated rings. The number of carbonyl (C=O) groups is 2. The van der Waals surface area contributed by atoms with Crippen molar-refractivity contribution in [2.24, 2.45) is 5.92 Å². The number of carbonyl (C=O) groups excluding carboxylic acids is 2. The molecule has 0 radical (unpaired) electrons. The lowest BCUT2D eigenvalue weighted by Crippen LogP contribution is -2.55. The van der Waals surface area contributed by atoms with Gasteiger partial charge in [0.05, 0.1) is 12.0 Å². The fourth-order valence-corrected chi connectivity index (χ4v) is 3.05. The lowest BCUT2D eigenvalue weighted by atomic mass is 10.0. The molecule has 0 spiro atoms. The van der Waals surface area contributed by atoms with Crippen LogP contribution in [0.3, 0.4) is 0 Å². The highest BCUT2D eigenvalue weighted by Gasteiger charge is 2.40. The highest BCUT2D eigenvalue weighted by atomic mass is 79.9. The summed E-state index contributed by atoms with van der Waals surface area (Å²) >= 11 is 3.38. The summed E-state index contributed by atoms with van der Waals surface area (Å²) in [6.45, 7) is 1.20. The molecule has 0 saturated carbocycles. The van der Waals surface area contributed by atoms with E-state index in [1.54, 1.807) is 9.80 Å². The van der Waals surface area contributed by atoms with E-state index < -0.39 is 6.10 Å². The number of amides is 2. The molecular formula is C14H15BrN2O3. The summed E-state index contributed by atoms with van der Waals surface area (Å²) in [6, 6.07) is 7.50. The molecule has 6 heteroatoms. The quantitative estimate of drug-likeness (QED) is 0.875. The fourth-order valence-electron chi connectivity index (χ4n) is 2.66. The van der Waals surface area contributed by atoms with E-state index in [0.717, 1.165) is 10.2 Å². The van der Waals surface area contributed by atoms with Crippen molar-refractivity contribution in [1.29, 1.82) is 0 Å². The summed E-state index contributed by atoms with van der Waals surface area (Å²) in [4.78, 5) is 27.5. The van der Waals surface area contributed by atoms with Crippen molar-refractivity contribution in [3.05, 3.63) is 28.7 Å². The fraction of sp³-hybridized carbons (Fsp3) is 0.429. The van der Waals surface area contributed by atoms with Crippen LogP contribution in [-0.2, 0) is 9.59 Å². The van der Waals surface area contributed by atoms with Gasteiger partial charge in [-0.25, -0.2) is 0 Å². The molecule has 20 heavy (non-hydrogen) atoms. The van der Waals surface area contributed by atoms with Gasteiger partial charge in [0, 0.05) is 36.2 Å². The molecule has 2 aliphatic rings. The van der Waals surface area contributed by atoms with E-state index in [0.29, 0.717) is 19.6 Å². The minimum absolute atomic E-state index is 0.0254. The maximum Gasteiger partial charge on any atom is 0.228 e. The van der Waals surface area contributed by atoms with Crippen molar-refractivity contribution in [2.75, 3.05) is 24.5 Å². The molecule has 2 heterocycles. The standard InChI is InChI=1S/C14H15BrN2O3/c15-10-2-1-3-11(5-10)17-6-9(4-13(17)19)14(20)16-7-12(18)8-16/h1-3,5,9,12,18H,4,6-8H2. The van der Waals surface area contributed by atoms with Crippen LogP contribution >= 0.6 is 15.9 Å². The number of anilines is 1. The monoisotopic (exact) mass is 338 g/mol. The van der Waals surface area contributed by atoms with Gasteiger partial charge in [-0.05, 0) is 18.2 Å². The van der Waals surface area contributed by atoms with Crippen molar-refractivity contribution in [3.63, 3.8) is 0 Å². The number of hydrogen-bond donors (Lipinski definition) is 1. The first-order chi connectivity index (χ1) is 9.54. The van der Waals surface area contributed by atoms with Crippen molar-refractivity contribution in [3.8, 4) is 0 Å². The van der Waals surface area contributed by atoms with E-state index in [4.69, 9.17) is 0 Å². The average molecular weight is 339 g/mol. The molecule has 0 aromatic heterocycles. The smallest absolute Gasteiger partial charge is 0.228 e. The Morgan fingerprint density at radius 2 is 2.05 bits per heavy atom. The van der Waals surface area contributed by atoms with Gasteiger partial charge >= 0.3 is 0 Å². The third-order valence-electron chi connectivity index (χ3n) is 3.77. The number of β-amino-alcohol motifs (C(OH)–C–C–N with tert-alkyl or cyclic N) is 1. The second-order valence-electron chi connectivity index (χ2n) is 5.28. The molecular weight excluding hydrogens is 324 g/mol. The van der Waals surface area contributed by atoms with Crippen molar-refractivity contribution in [2.45, 2.75) is 12.5 Å². The molecule has 3 rings (SSSR count). The van der Waals surface area contributed by atoms with Gasteiger partial charge in [-0.3, -0.25) is 9.59 Å². The molecule has 5 nitrogen and oxygen atoms in total. The molecule has 2 aliphatic heterocycles. The van der Waals surface area contributed by atoms with E-state index in [1.165, 1.54) is 0 Å². The van der Waals surface area contributed by atoms with E-state index in [1.807, 2.05) is 24.3 Å². The number of halogens is 1. The summed E-state index contributed by atoms with van der Waals surface area (Å²) < 4.78 is 0.906. The van der Waals surface area contributed by atoms with Crippen LogP contribution in [0.15, 0.2) is 28.7 Å². The number of nitrogens with zero attached hydrogens (tertiary/aromatic N) is 2. The highest BCUT2D eigenvalue weighted by Crippen LogP contribution is 2.29. The van der Waals surface area contributed by atoms with Crippen molar-refractivity contribution in [1.82, 2.24) is 4.90 Å². The Morgan fingerprint density at radius 1 is 1.30 bits per heavy atom. The molecule has 0 bridgehead atoms. The zero-order valence-corrected chi connectivity index (χ0v) is 12.4. The molecule has 106 valence electrons. The first kappa shape index (κ1) is 13.6. The van der Waals surface area contributed by atoms with Crippen LogP contribution in [0.4, 0.5) is 5.69 Å². The van der Waals surface area contributed by atoms with Gasteiger partial charge in [0.2, 0.25) is 11.8 Å². The van der Waals surface area contributed by atoms with Crippen LogP contribution in [0.25, 0.3) is 0 Å². The van der Waals surface area contributed by atoms with Crippen molar-refractivity contribution < 1.29 is 14.7 Å². The highest BCUT2D eigenvalue weighted by molar-refractivity contribution is 9.10. The Morgan fingerprint density at radius 3 is 2.70 bits per heavy atom. The van der Waals surface area contributed by atoms with Crippen LogP contribution < -0.4 is 4.90 Å². The Kier molecular flexibility index (Phi) is 3.52. The van der Waals surface area contributed by atoms with Crippen LogP contribution in [0.2, 0.25) is 0 Å². The molecule has 1 N–H and O–H groups in total. The second-order valence-corrected chi connectivity index (χ2v) is 6.20. The number of hydrogen-bond acceptors (Lipinski definition) is 3. The zero-order valence-electron chi connectivity index (χ0n) is 10.8. The second kappa shape index (κ2) is 5.18. The van der Waals surface area contributed by atoms with Crippen LogP contribution in [0, 0.1) is 5.92 Å². The summed E-state index contributed by atoms with van der Waals surface area (Å²) in [6.07, 6.45) is -0.157. The lowest BCUT2D eigenvalue weighted by molar-refractivity contribution is -0.145. The topological polar surface area (TPSA) is 60.9 Å². The minimum Gasteiger partial charge on any atom is -0.389 e. The normalized spacial score (nSPS) is 23.1. The van der Waals surface area contributed by atoms with Gasteiger partial charge in [-0.2, -0.15) is 0 Å². The van der Waals surface area contributed by atoms with E-state index in [2.05, 4.69) is 15.9 Å². The molecule has 1 aromatic carbocycles. The predicted octanol–water partition coefficient (Wildman–Crippen LogP) is 1.01. The van der Waals surface area contributed by atoms with Crippen LogP contribution in [0.1, 0.15) is 6.42 Å². The Balaban J connectivity index is 1.71. The van der Waals surface area contributed by atoms with Crippen molar-refractivity contribution >= 4 is 33.4 Å². The number of benzene rings is 1. The van der Waals surface area contributed by atoms with Gasteiger partial charge in [-0.15, -0.1) is 0 Å². The largest absolute Gasteiger partial charge is 0.389 e. The number of aliphatic hydroxyl groups is 1. The zero-order chi connectivity index (χ0) is 14.3. The molecule has 2 saturated heterocycles. The number of aliphatic hydroxyl groups excluding tert-OH is 1. The van der Waals surface area contributed by atoms with Gasteiger partial charge in [-0.1, -0.05) is 22.0 Å². The SMILES string of the molecule is O=C(C1CC(=O)N(c2cccc(Br)c2)C1)N1CC(O)C1. The number of likely N-dealkylation sites (tertiary alicyclic amines) is 1. The van der Waals surface area contributed by atoms with E-state index in [-0.39, 0.29) is 24.2 Å². The minimum atomic E-state index is -0.405. The molecule has 1 aromatic rings. The molecule has 1 atom stereocenters. The molecule has 1 unspecified atom stereocenters. The van der Waals surface area contributed by atoms with E-state index in [9.17, 15) is 14.7 Å². The molecule has 0 aliphatic carbocycles. The van der Waals surface area contributed by atoms with Gasteiger partial charge in [0.15, 0.2) is 0 Å². The first-order valence-corrected chi connectivity index (χ1v) is 7.36. The third-order valence-corrected chi connectivity index (χ3v) is 4.26. The van der Waals surface area contributed by atoms with Crippen LogP contribution in [0.5, 0.6) is 0 Å². The third kappa shape index (κ3) is 2.45. The summed E-state index contributed by atoms with van der Waals surface area (Å²) in [5, 5.41) is 9.25.